The highest BCUT2D eigenvalue weighted by molar-refractivity contribution is 7.99. The van der Waals surface area contributed by atoms with E-state index in [1.54, 1.807) is 0 Å². The van der Waals surface area contributed by atoms with E-state index in [4.69, 9.17) is 11.5 Å². The molecule has 8 heteroatoms. The summed E-state index contributed by atoms with van der Waals surface area (Å²) in [5, 5.41) is 3.86. The summed E-state index contributed by atoms with van der Waals surface area (Å²) in [7, 11) is 0. The number of nitrogen functional groups attached to an aromatic ring is 1. The highest BCUT2D eigenvalue weighted by atomic mass is 32.2. The lowest BCUT2D eigenvalue weighted by Gasteiger charge is -2.30. The van der Waals surface area contributed by atoms with E-state index in [1.807, 2.05) is 11.8 Å². The minimum atomic E-state index is -0.0925. The van der Waals surface area contributed by atoms with E-state index >= 15 is 0 Å². The van der Waals surface area contributed by atoms with Crippen LogP contribution in [0.25, 0.3) is 0 Å². The summed E-state index contributed by atoms with van der Waals surface area (Å²) in [6.07, 6.45) is 3.13. The maximum absolute atomic E-state index is 12.3. The number of nitrogens with zero attached hydrogens (tertiary/aromatic N) is 2. The molecule has 0 radical (unpaired) electrons. The molecule has 1 amide bonds. The topological polar surface area (TPSA) is 97.3 Å². The summed E-state index contributed by atoms with van der Waals surface area (Å²) < 4.78 is 0. The van der Waals surface area contributed by atoms with Crippen LogP contribution in [-0.4, -0.2) is 47.6 Å². The Kier molecular flexibility index (Phi) is 4.56. The van der Waals surface area contributed by atoms with E-state index in [0.717, 1.165) is 49.0 Å². The Morgan fingerprint density at radius 2 is 2.29 bits per heavy atom. The molecule has 2 unspecified atom stereocenters. The van der Waals surface area contributed by atoms with Crippen LogP contribution in [0.4, 0.5) is 10.9 Å². The second-order valence-electron chi connectivity index (χ2n) is 5.59. The highest BCUT2D eigenvalue weighted by Crippen LogP contribution is 2.30. The monoisotopic (exact) mass is 327 g/mol. The summed E-state index contributed by atoms with van der Waals surface area (Å²) in [5.41, 5.74) is 11.9. The van der Waals surface area contributed by atoms with Crippen LogP contribution in [0.5, 0.6) is 0 Å². The van der Waals surface area contributed by atoms with Gasteiger partial charge in [-0.3, -0.25) is 4.79 Å². The fourth-order valence-corrected chi connectivity index (χ4v) is 4.78. The van der Waals surface area contributed by atoms with Gasteiger partial charge in [-0.25, -0.2) is 4.98 Å². The van der Waals surface area contributed by atoms with Gasteiger partial charge < -0.3 is 21.7 Å². The quantitative estimate of drug-likeness (QED) is 0.763. The number of hydrogen-bond acceptors (Lipinski definition) is 7. The van der Waals surface area contributed by atoms with Gasteiger partial charge in [0.1, 0.15) is 10.7 Å². The zero-order valence-corrected chi connectivity index (χ0v) is 13.5. The lowest BCUT2D eigenvalue weighted by molar-refractivity contribution is 0.0946. The van der Waals surface area contributed by atoms with Crippen molar-refractivity contribution >= 4 is 40.0 Å². The second kappa shape index (κ2) is 6.41. The summed E-state index contributed by atoms with van der Waals surface area (Å²) in [6, 6.07) is 0.438. The van der Waals surface area contributed by atoms with Crippen LogP contribution in [-0.2, 0) is 0 Å². The molecule has 2 aliphatic rings. The molecule has 2 aliphatic heterocycles. The molecule has 0 saturated carbocycles. The SMILES string of the molecule is Nc1nc(N2CCCC(N)C2)sc1C(=O)NC1CCSC1. The Labute approximate surface area is 132 Å². The van der Waals surface area contributed by atoms with Gasteiger partial charge in [0.2, 0.25) is 0 Å². The molecule has 3 rings (SSSR count). The Morgan fingerprint density at radius 3 is 3.00 bits per heavy atom. The second-order valence-corrected chi connectivity index (χ2v) is 7.72. The summed E-state index contributed by atoms with van der Waals surface area (Å²) >= 11 is 3.25. The number of rotatable bonds is 3. The van der Waals surface area contributed by atoms with E-state index in [-0.39, 0.29) is 18.0 Å². The Hall–Kier alpha value is -0.990. The lowest BCUT2D eigenvalue weighted by atomic mass is 10.1. The molecule has 0 aromatic carbocycles. The van der Waals surface area contributed by atoms with Crippen molar-refractivity contribution in [1.29, 1.82) is 0 Å². The van der Waals surface area contributed by atoms with E-state index in [1.165, 1.54) is 11.3 Å². The number of thioether (sulfide) groups is 1. The van der Waals surface area contributed by atoms with Gasteiger partial charge in [-0.05, 0) is 25.0 Å². The number of carbonyl (C=O) groups excluding carboxylic acids is 1. The first-order valence-corrected chi connectivity index (χ1v) is 9.26. The third-order valence-electron chi connectivity index (χ3n) is 3.84. The molecule has 0 spiro atoms. The van der Waals surface area contributed by atoms with E-state index in [9.17, 15) is 4.79 Å². The Morgan fingerprint density at radius 1 is 1.43 bits per heavy atom. The van der Waals surface area contributed by atoms with Crippen LogP contribution in [0, 0.1) is 0 Å². The van der Waals surface area contributed by atoms with E-state index in [2.05, 4.69) is 15.2 Å². The van der Waals surface area contributed by atoms with Gasteiger partial charge in [-0.2, -0.15) is 11.8 Å². The molecule has 116 valence electrons. The molecule has 1 aromatic rings. The van der Waals surface area contributed by atoms with Crippen molar-refractivity contribution in [2.45, 2.75) is 31.3 Å². The summed E-state index contributed by atoms with van der Waals surface area (Å²) in [4.78, 5) is 19.3. The zero-order valence-electron chi connectivity index (χ0n) is 11.9. The van der Waals surface area contributed by atoms with Gasteiger partial charge in [0.25, 0.3) is 5.91 Å². The third kappa shape index (κ3) is 3.44. The smallest absolute Gasteiger partial charge is 0.265 e. The van der Waals surface area contributed by atoms with Crippen LogP contribution >= 0.6 is 23.1 Å². The predicted molar refractivity (Wildman–Crippen MR) is 89.1 cm³/mol. The molecule has 2 atom stereocenters. The van der Waals surface area contributed by atoms with Crippen molar-refractivity contribution in [3.8, 4) is 0 Å². The molecule has 3 heterocycles. The van der Waals surface area contributed by atoms with Crippen LogP contribution < -0.4 is 21.7 Å². The summed E-state index contributed by atoms with van der Waals surface area (Å²) in [5.74, 6) is 2.33. The fraction of sp³-hybridized carbons (Fsp3) is 0.692. The largest absolute Gasteiger partial charge is 0.382 e. The standard InChI is InChI=1S/C13H21N5OS2/c14-8-2-1-4-18(6-8)13-17-11(15)10(21-13)12(19)16-9-3-5-20-7-9/h8-9H,1-7,14-15H2,(H,16,19). The number of nitrogens with two attached hydrogens (primary N) is 2. The van der Waals surface area contributed by atoms with Crippen LogP contribution in [0.1, 0.15) is 28.9 Å². The highest BCUT2D eigenvalue weighted by Gasteiger charge is 2.25. The van der Waals surface area contributed by atoms with Gasteiger partial charge in [0.05, 0.1) is 0 Å². The van der Waals surface area contributed by atoms with E-state index < -0.39 is 0 Å². The van der Waals surface area contributed by atoms with Crippen LogP contribution in [0.2, 0.25) is 0 Å². The van der Waals surface area contributed by atoms with Crippen molar-refractivity contribution in [3.63, 3.8) is 0 Å². The first-order chi connectivity index (χ1) is 10.1. The molecule has 0 bridgehead atoms. The van der Waals surface area contributed by atoms with Crippen molar-refractivity contribution in [3.05, 3.63) is 4.88 Å². The maximum atomic E-state index is 12.3. The molecule has 2 saturated heterocycles. The fourth-order valence-electron chi connectivity index (χ4n) is 2.70. The molecular weight excluding hydrogens is 306 g/mol. The number of piperidine rings is 1. The summed E-state index contributed by atoms with van der Waals surface area (Å²) in [6.45, 7) is 1.72. The number of hydrogen-bond donors (Lipinski definition) is 3. The number of anilines is 2. The normalized spacial score (nSPS) is 26.0. The lowest BCUT2D eigenvalue weighted by Crippen LogP contribution is -2.42. The minimum absolute atomic E-state index is 0.0925. The first-order valence-electron chi connectivity index (χ1n) is 7.29. The van der Waals surface area contributed by atoms with Gasteiger partial charge in [0.15, 0.2) is 5.13 Å². The number of aromatic nitrogens is 1. The molecular formula is C13H21N5OS2. The van der Waals surface area contributed by atoms with Crippen LogP contribution in [0.3, 0.4) is 0 Å². The molecule has 0 aliphatic carbocycles. The van der Waals surface area contributed by atoms with Gasteiger partial charge in [-0.15, -0.1) is 0 Å². The van der Waals surface area contributed by atoms with Crippen molar-refractivity contribution in [1.82, 2.24) is 10.3 Å². The molecule has 1 aromatic heterocycles. The Bertz CT molecular complexity index is 515. The first kappa shape index (κ1) is 14.9. The third-order valence-corrected chi connectivity index (χ3v) is 6.13. The van der Waals surface area contributed by atoms with Crippen LogP contribution in [0.15, 0.2) is 0 Å². The predicted octanol–water partition coefficient (Wildman–Crippen LogP) is 0.888. The Balaban J connectivity index is 1.69. The number of carbonyl (C=O) groups is 1. The molecule has 6 nitrogen and oxygen atoms in total. The van der Waals surface area contributed by atoms with Crippen molar-refractivity contribution in [2.75, 3.05) is 35.2 Å². The minimum Gasteiger partial charge on any atom is -0.382 e. The van der Waals surface area contributed by atoms with E-state index in [0.29, 0.717) is 10.7 Å². The average Bonchev–Trinajstić information content (AvgIpc) is 3.08. The average molecular weight is 327 g/mol. The zero-order chi connectivity index (χ0) is 14.8. The van der Waals surface area contributed by atoms with Crippen molar-refractivity contribution < 1.29 is 4.79 Å². The van der Waals surface area contributed by atoms with Crippen molar-refractivity contribution in [2.24, 2.45) is 5.73 Å². The number of amides is 1. The number of nitrogens with one attached hydrogen (secondary N) is 1. The van der Waals surface area contributed by atoms with Gasteiger partial charge >= 0.3 is 0 Å². The number of thiazole rings is 1. The van der Waals surface area contributed by atoms with Gasteiger partial charge in [0, 0.05) is 30.9 Å². The maximum Gasteiger partial charge on any atom is 0.265 e. The van der Waals surface area contributed by atoms with Gasteiger partial charge in [-0.1, -0.05) is 11.3 Å². The molecule has 2 fully saturated rings. The molecule has 5 N–H and O–H groups in total. The molecule has 21 heavy (non-hydrogen) atoms.